The number of hydrogen-bond donors (Lipinski definition) is 0. The Balaban J connectivity index is 1.70. The van der Waals surface area contributed by atoms with Crippen molar-refractivity contribution in [3.8, 4) is 0 Å². The highest BCUT2D eigenvalue weighted by molar-refractivity contribution is 6.00. The van der Waals surface area contributed by atoms with Crippen LogP contribution in [0.1, 0.15) is 23.0 Å². The molecule has 2 heterocycles. The van der Waals surface area contributed by atoms with Crippen LogP contribution in [0.2, 0.25) is 0 Å². The molecule has 2 aromatic rings. The molecular weight excluding hydrogens is 280 g/mol. The molecule has 0 saturated carbocycles. The van der Waals surface area contributed by atoms with Gasteiger partial charge in [-0.2, -0.15) is 0 Å². The van der Waals surface area contributed by atoms with E-state index in [4.69, 9.17) is 4.74 Å². The molecule has 1 aromatic carbocycles. The van der Waals surface area contributed by atoms with E-state index in [0.29, 0.717) is 6.54 Å². The largest absolute Gasteiger partial charge is 0.448 e. The number of aromatic nitrogens is 1. The number of carbonyl (C=O) groups excluding carboxylic acids is 2. The third-order valence-corrected chi connectivity index (χ3v) is 3.66. The minimum atomic E-state index is -0.847. The van der Waals surface area contributed by atoms with E-state index >= 15 is 0 Å². The molecule has 1 aliphatic heterocycles. The van der Waals surface area contributed by atoms with Crippen LogP contribution in [0.25, 0.3) is 0 Å². The van der Waals surface area contributed by atoms with Crippen molar-refractivity contribution in [1.82, 2.24) is 4.98 Å². The third-order valence-electron chi connectivity index (χ3n) is 3.66. The summed E-state index contributed by atoms with van der Waals surface area (Å²) in [5.41, 5.74) is 2.23. The Kier molecular flexibility index (Phi) is 3.87. The van der Waals surface area contributed by atoms with Gasteiger partial charge >= 0.3 is 5.97 Å². The summed E-state index contributed by atoms with van der Waals surface area (Å²) in [5.74, 6) is -0.803. The number of pyridine rings is 1. The van der Waals surface area contributed by atoms with Crippen molar-refractivity contribution in [3.63, 3.8) is 0 Å². The summed E-state index contributed by atoms with van der Waals surface area (Å²) in [5, 5.41) is 0. The van der Waals surface area contributed by atoms with E-state index in [-0.39, 0.29) is 11.6 Å². The number of nitrogens with zero attached hydrogens (tertiary/aromatic N) is 2. The Morgan fingerprint density at radius 1 is 1.18 bits per heavy atom. The normalized spacial score (nSPS) is 14.3. The van der Waals surface area contributed by atoms with Crippen molar-refractivity contribution in [2.45, 2.75) is 19.4 Å². The molecule has 3 rings (SSSR count). The lowest BCUT2D eigenvalue weighted by molar-refractivity contribution is -0.126. The minimum absolute atomic E-state index is 0.198. The summed E-state index contributed by atoms with van der Waals surface area (Å²) in [6.45, 7) is 2.20. The Hall–Kier alpha value is -2.69. The van der Waals surface area contributed by atoms with E-state index < -0.39 is 12.1 Å². The summed E-state index contributed by atoms with van der Waals surface area (Å²) in [6.07, 6.45) is 1.49. The van der Waals surface area contributed by atoms with Crippen LogP contribution in [0.3, 0.4) is 0 Å². The Morgan fingerprint density at radius 2 is 1.95 bits per heavy atom. The van der Waals surface area contributed by atoms with Crippen LogP contribution in [0.4, 0.5) is 5.69 Å². The number of hydrogen-bond acceptors (Lipinski definition) is 4. The zero-order valence-electron chi connectivity index (χ0n) is 12.2. The number of carbonyl (C=O) groups is 2. The van der Waals surface area contributed by atoms with Crippen molar-refractivity contribution in [2.24, 2.45) is 0 Å². The van der Waals surface area contributed by atoms with Gasteiger partial charge in [-0.15, -0.1) is 0 Å². The molecule has 1 amide bonds. The second kappa shape index (κ2) is 5.97. The molecule has 1 aliphatic rings. The fourth-order valence-corrected chi connectivity index (χ4v) is 2.54. The van der Waals surface area contributed by atoms with Gasteiger partial charge in [0.2, 0.25) is 0 Å². The Labute approximate surface area is 128 Å². The average molecular weight is 296 g/mol. The lowest BCUT2D eigenvalue weighted by Gasteiger charge is -2.21. The minimum Gasteiger partial charge on any atom is -0.448 e. The number of ether oxygens (including phenoxy) is 1. The fourth-order valence-electron chi connectivity index (χ4n) is 2.54. The first kappa shape index (κ1) is 14.3. The van der Waals surface area contributed by atoms with Gasteiger partial charge in [0.25, 0.3) is 5.91 Å². The van der Waals surface area contributed by atoms with Crippen molar-refractivity contribution >= 4 is 17.6 Å². The summed E-state index contributed by atoms with van der Waals surface area (Å²) < 4.78 is 5.23. The quantitative estimate of drug-likeness (QED) is 0.815. The van der Waals surface area contributed by atoms with E-state index in [1.54, 1.807) is 30.0 Å². The molecule has 5 nitrogen and oxygen atoms in total. The second-order valence-electron chi connectivity index (χ2n) is 5.13. The summed E-state index contributed by atoms with van der Waals surface area (Å²) >= 11 is 0. The van der Waals surface area contributed by atoms with E-state index in [1.807, 2.05) is 24.3 Å². The van der Waals surface area contributed by atoms with Crippen LogP contribution in [0.5, 0.6) is 0 Å². The van der Waals surface area contributed by atoms with Crippen LogP contribution >= 0.6 is 0 Å². The molecular formula is C17H16N2O3. The SMILES string of the molecule is C[C@H](OC(=O)c1ccccn1)C(=O)N1CCc2ccccc21. The monoisotopic (exact) mass is 296 g/mol. The first-order chi connectivity index (χ1) is 10.7. The lowest BCUT2D eigenvalue weighted by Crippen LogP contribution is -2.39. The number of para-hydroxylation sites is 1. The molecule has 1 aromatic heterocycles. The molecule has 112 valence electrons. The highest BCUT2D eigenvalue weighted by Crippen LogP contribution is 2.28. The molecule has 0 bridgehead atoms. The molecule has 0 fully saturated rings. The Morgan fingerprint density at radius 3 is 2.73 bits per heavy atom. The van der Waals surface area contributed by atoms with Gasteiger partial charge in [-0.1, -0.05) is 24.3 Å². The number of amides is 1. The third kappa shape index (κ3) is 2.70. The number of rotatable bonds is 3. The van der Waals surface area contributed by atoms with E-state index in [0.717, 1.165) is 17.7 Å². The average Bonchev–Trinajstić information content (AvgIpc) is 2.99. The molecule has 0 spiro atoms. The van der Waals surface area contributed by atoms with Crippen LogP contribution in [-0.2, 0) is 16.0 Å². The summed E-state index contributed by atoms with van der Waals surface area (Å²) in [7, 11) is 0. The van der Waals surface area contributed by atoms with Gasteiger partial charge in [0.05, 0.1) is 0 Å². The number of fused-ring (bicyclic) bond motifs is 1. The standard InChI is InChI=1S/C17H16N2O3/c1-12(22-17(21)14-7-4-5-10-18-14)16(20)19-11-9-13-6-2-3-8-15(13)19/h2-8,10,12H,9,11H2,1H3/t12-/m0/s1. The van der Waals surface area contributed by atoms with Crippen LogP contribution in [0.15, 0.2) is 48.7 Å². The lowest BCUT2D eigenvalue weighted by atomic mass is 10.2. The maximum absolute atomic E-state index is 12.5. The first-order valence-corrected chi connectivity index (χ1v) is 7.18. The molecule has 0 saturated heterocycles. The predicted molar refractivity (Wildman–Crippen MR) is 81.6 cm³/mol. The molecule has 0 aliphatic carbocycles. The van der Waals surface area contributed by atoms with Gasteiger partial charge in [0, 0.05) is 18.4 Å². The topological polar surface area (TPSA) is 59.5 Å². The van der Waals surface area contributed by atoms with Gasteiger partial charge in [0.1, 0.15) is 5.69 Å². The van der Waals surface area contributed by atoms with Crippen LogP contribution in [-0.4, -0.2) is 29.5 Å². The van der Waals surface area contributed by atoms with Gasteiger partial charge in [0.15, 0.2) is 6.10 Å². The predicted octanol–water partition coefficient (Wildman–Crippen LogP) is 2.22. The van der Waals surface area contributed by atoms with E-state index in [2.05, 4.69) is 4.98 Å². The number of benzene rings is 1. The van der Waals surface area contributed by atoms with Crippen molar-refractivity contribution in [2.75, 3.05) is 11.4 Å². The summed E-state index contributed by atoms with van der Waals surface area (Å²) in [4.78, 5) is 30.1. The maximum atomic E-state index is 12.5. The molecule has 1 atom stereocenters. The number of anilines is 1. The van der Waals surface area contributed by atoms with Crippen molar-refractivity contribution < 1.29 is 14.3 Å². The molecule has 5 heteroatoms. The molecule has 0 radical (unpaired) electrons. The van der Waals surface area contributed by atoms with Gasteiger partial charge in [-0.25, -0.2) is 9.78 Å². The smallest absolute Gasteiger partial charge is 0.357 e. The fraction of sp³-hybridized carbons (Fsp3) is 0.235. The highest BCUT2D eigenvalue weighted by atomic mass is 16.5. The van der Waals surface area contributed by atoms with Crippen molar-refractivity contribution in [3.05, 3.63) is 59.9 Å². The zero-order valence-corrected chi connectivity index (χ0v) is 12.2. The highest BCUT2D eigenvalue weighted by Gasteiger charge is 2.30. The Bertz CT molecular complexity index is 700. The van der Waals surface area contributed by atoms with Crippen molar-refractivity contribution in [1.29, 1.82) is 0 Å². The molecule has 0 unspecified atom stereocenters. The zero-order chi connectivity index (χ0) is 15.5. The first-order valence-electron chi connectivity index (χ1n) is 7.18. The van der Waals surface area contributed by atoms with E-state index in [9.17, 15) is 9.59 Å². The van der Waals surface area contributed by atoms with Crippen LogP contribution in [0, 0.1) is 0 Å². The van der Waals surface area contributed by atoms with E-state index in [1.165, 1.54) is 6.20 Å². The number of esters is 1. The van der Waals surface area contributed by atoms with Crippen LogP contribution < -0.4 is 4.90 Å². The van der Waals surface area contributed by atoms with Gasteiger partial charge in [-0.05, 0) is 37.1 Å². The maximum Gasteiger partial charge on any atom is 0.357 e. The molecule has 22 heavy (non-hydrogen) atoms. The molecule has 0 N–H and O–H groups in total. The van der Waals surface area contributed by atoms with Gasteiger partial charge < -0.3 is 9.64 Å². The summed E-state index contributed by atoms with van der Waals surface area (Å²) in [6, 6.07) is 12.7. The second-order valence-corrected chi connectivity index (χ2v) is 5.13. The van der Waals surface area contributed by atoms with Gasteiger partial charge in [-0.3, -0.25) is 4.79 Å².